The number of aromatic nitrogens is 2. The zero-order valence-electron chi connectivity index (χ0n) is 12.8. The Morgan fingerprint density at radius 1 is 1.33 bits per heavy atom. The zero-order chi connectivity index (χ0) is 18.4. The fraction of sp³-hybridized carbons (Fsp3) is 0.267. The molecule has 7 nitrogen and oxygen atoms in total. The second-order valence-electron chi connectivity index (χ2n) is 5.28. The molecule has 1 aromatic carbocycles. The molecule has 1 amide bonds. The number of aromatic carboxylic acids is 1. The van der Waals surface area contributed by atoms with Crippen LogP contribution in [0.4, 0.5) is 13.2 Å². The van der Waals surface area contributed by atoms with Crippen molar-refractivity contribution < 1.29 is 32.6 Å². The predicted molar refractivity (Wildman–Crippen MR) is 92.4 cm³/mol. The number of rotatable bonds is 3. The number of ether oxygens (including phenoxy) is 1. The van der Waals surface area contributed by atoms with Crippen molar-refractivity contribution in [2.45, 2.75) is 12.6 Å². The molecule has 1 aliphatic heterocycles. The third-order valence-corrected chi connectivity index (χ3v) is 3.79. The number of methoxy groups -OCH3 is 1. The van der Waals surface area contributed by atoms with Crippen LogP contribution < -0.4 is 10.1 Å². The number of alkyl halides is 3. The molecule has 1 aliphatic rings. The van der Waals surface area contributed by atoms with Gasteiger partial charge in [0, 0.05) is 12.1 Å². The van der Waals surface area contributed by atoms with Crippen molar-refractivity contribution in [1.82, 2.24) is 15.1 Å². The van der Waals surface area contributed by atoms with Crippen molar-refractivity contribution >= 4 is 115 Å². The van der Waals surface area contributed by atoms with Gasteiger partial charge in [0.15, 0.2) is 5.69 Å². The first kappa shape index (κ1) is 25.3. The molecule has 2 N–H and O–H groups in total. The summed E-state index contributed by atoms with van der Waals surface area (Å²) in [5.41, 5.74) is -2.24. The van der Waals surface area contributed by atoms with Crippen molar-refractivity contribution in [1.29, 1.82) is 0 Å². The summed E-state index contributed by atoms with van der Waals surface area (Å²) < 4.78 is 45.5. The first-order valence-corrected chi connectivity index (χ1v) is 7.13. The van der Waals surface area contributed by atoms with Crippen LogP contribution in [0.3, 0.4) is 0 Å². The number of hydrogen-bond donors (Lipinski definition) is 2. The minimum atomic E-state index is -4.76. The van der Waals surface area contributed by atoms with Gasteiger partial charge in [-0.1, -0.05) is 0 Å². The number of fused-ring (bicyclic) bond motifs is 1. The van der Waals surface area contributed by atoms with E-state index in [0.29, 0.717) is 0 Å². The third-order valence-electron chi connectivity index (χ3n) is 3.79. The summed E-state index contributed by atoms with van der Waals surface area (Å²) in [6.45, 7) is 0.0506. The maximum absolute atomic E-state index is 13.3. The molecule has 0 spiro atoms. The van der Waals surface area contributed by atoms with Crippen molar-refractivity contribution in [2.75, 3.05) is 13.7 Å². The quantitative estimate of drug-likeness (QED) is 0.689. The molecule has 1 aromatic heterocycles. The van der Waals surface area contributed by atoms with Crippen LogP contribution in [0, 0.1) is 0 Å². The number of benzene rings is 1. The summed E-state index contributed by atoms with van der Waals surface area (Å²) in [5.74, 6) is -1.91. The molecule has 2 aromatic rings. The normalized spacial score (nSPS) is 13.0. The van der Waals surface area contributed by atoms with Crippen molar-refractivity contribution in [3.8, 4) is 11.4 Å². The van der Waals surface area contributed by atoms with E-state index in [9.17, 15) is 27.9 Å². The van der Waals surface area contributed by atoms with Gasteiger partial charge in [-0.25, -0.2) is 9.48 Å². The van der Waals surface area contributed by atoms with Crippen LogP contribution in [0.15, 0.2) is 18.2 Å². The van der Waals surface area contributed by atoms with Crippen molar-refractivity contribution in [2.24, 2.45) is 0 Å². The molecular formula is C15H14F3K2N3O4. The summed E-state index contributed by atoms with van der Waals surface area (Å²) in [5, 5.41) is 15.3. The molecule has 0 unspecified atom stereocenters. The Hall–Kier alpha value is 0.233. The molecule has 3 rings (SSSR count). The number of halogens is 3. The van der Waals surface area contributed by atoms with E-state index in [-0.39, 0.29) is 144 Å². The topological polar surface area (TPSA) is 93.5 Å². The van der Waals surface area contributed by atoms with Gasteiger partial charge in [0.2, 0.25) is 0 Å². The van der Waals surface area contributed by atoms with Gasteiger partial charge in [-0.2, -0.15) is 18.3 Å². The van der Waals surface area contributed by atoms with Gasteiger partial charge in [-0.3, -0.25) is 4.79 Å². The number of carbonyl (C=O) groups is 2. The zero-order valence-corrected chi connectivity index (χ0v) is 12.8. The Balaban J connectivity index is 0.00000182. The van der Waals surface area contributed by atoms with Gasteiger partial charge >= 0.3 is 115 Å². The van der Waals surface area contributed by atoms with E-state index in [1.165, 1.54) is 19.2 Å². The van der Waals surface area contributed by atoms with Crippen molar-refractivity contribution in [3.63, 3.8) is 0 Å². The number of carboxylic acids is 1. The first-order chi connectivity index (χ1) is 11.7. The molecule has 0 saturated carbocycles. The SMILES string of the molecule is COc1ccc(-n2nc(C(F)(F)F)c3c2C(=O)NCC3)c(C(=O)O)c1.[KH].[KH]. The average molecular weight is 435 g/mol. The molecule has 2 heterocycles. The number of nitrogens with zero attached hydrogens (tertiary/aromatic N) is 2. The Labute approximate surface area is 236 Å². The van der Waals surface area contributed by atoms with Crippen LogP contribution in [0.5, 0.6) is 5.75 Å². The maximum atomic E-state index is 13.3. The van der Waals surface area contributed by atoms with E-state index in [1.54, 1.807) is 0 Å². The standard InChI is InChI=1S/C15H12F3N3O4.2K.2H/c1-25-7-2-3-10(9(6-7)14(23)24)21-11-8(4-5-19-13(11)22)12(20-21)15(16,17)18;;;;/h2-3,6H,4-5H2,1H3,(H,19,22)(H,23,24);;;;. The number of amides is 1. The Kier molecular flexibility index (Phi) is 9.19. The van der Waals surface area contributed by atoms with Crippen LogP contribution in [-0.2, 0) is 12.6 Å². The van der Waals surface area contributed by atoms with E-state index < -0.39 is 23.7 Å². The molecule has 0 radical (unpaired) electrons. The van der Waals surface area contributed by atoms with Crippen LogP contribution in [0.2, 0.25) is 0 Å². The van der Waals surface area contributed by atoms with Crippen LogP contribution in [-0.4, -0.2) is 143 Å². The average Bonchev–Trinajstić information content (AvgIpc) is 2.95. The Morgan fingerprint density at radius 2 is 2.00 bits per heavy atom. The summed E-state index contributed by atoms with van der Waals surface area (Å²) in [7, 11) is 1.33. The molecule has 136 valence electrons. The molecule has 0 bridgehead atoms. The van der Waals surface area contributed by atoms with Gasteiger partial charge in [0.05, 0.1) is 18.4 Å². The monoisotopic (exact) mass is 435 g/mol. The summed E-state index contributed by atoms with van der Waals surface area (Å²) in [6, 6.07) is 3.78. The van der Waals surface area contributed by atoms with E-state index in [2.05, 4.69) is 10.4 Å². The molecule has 0 saturated heterocycles. The number of carbonyl (C=O) groups excluding carboxylic acids is 1. The van der Waals surface area contributed by atoms with Crippen LogP contribution in [0.1, 0.15) is 32.1 Å². The van der Waals surface area contributed by atoms with Gasteiger partial charge in [-0.05, 0) is 24.6 Å². The van der Waals surface area contributed by atoms with Gasteiger partial charge in [0.25, 0.3) is 5.91 Å². The molecule has 0 fully saturated rings. The fourth-order valence-electron chi connectivity index (χ4n) is 2.71. The van der Waals surface area contributed by atoms with Crippen molar-refractivity contribution in [3.05, 3.63) is 40.7 Å². The first-order valence-electron chi connectivity index (χ1n) is 7.13. The summed E-state index contributed by atoms with van der Waals surface area (Å²) in [6.07, 6.45) is -4.81. The molecule has 0 atom stereocenters. The third kappa shape index (κ3) is 5.05. The molecular weight excluding hydrogens is 421 g/mol. The number of nitrogens with one attached hydrogen (secondary N) is 1. The fourth-order valence-corrected chi connectivity index (χ4v) is 2.71. The van der Waals surface area contributed by atoms with E-state index >= 15 is 0 Å². The Morgan fingerprint density at radius 3 is 2.56 bits per heavy atom. The predicted octanol–water partition coefficient (Wildman–Crippen LogP) is 0.587. The second kappa shape index (κ2) is 9.82. The molecule has 12 heteroatoms. The van der Waals surface area contributed by atoms with Gasteiger partial charge < -0.3 is 15.2 Å². The molecule has 0 aliphatic carbocycles. The van der Waals surface area contributed by atoms with Crippen LogP contribution in [0.25, 0.3) is 5.69 Å². The summed E-state index contributed by atoms with van der Waals surface area (Å²) >= 11 is 0. The van der Waals surface area contributed by atoms with E-state index in [0.717, 1.165) is 10.7 Å². The summed E-state index contributed by atoms with van der Waals surface area (Å²) in [4.78, 5) is 23.6. The number of hydrogen-bond acceptors (Lipinski definition) is 4. The van der Waals surface area contributed by atoms with E-state index in [4.69, 9.17) is 4.74 Å². The van der Waals surface area contributed by atoms with E-state index in [1.807, 2.05) is 0 Å². The molecule has 27 heavy (non-hydrogen) atoms. The second-order valence-corrected chi connectivity index (χ2v) is 5.28. The minimum absolute atomic E-state index is 0. The van der Waals surface area contributed by atoms with Crippen LogP contribution >= 0.6 is 0 Å². The van der Waals surface area contributed by atoms with Gasteiger partial charge in [0.1, 0.15) is 11.4 Å². The number of carboxylic acid groups (broad SMARTS) is 1. The Bertz CT molecular complexity index is 884. The van der Waals surface area contributed by atoms with Gasteiger partial charge in [-0.15, -0.1) is 0 Å².